The smallest absolute Gasteiger partial charge is 0.261 e. The van der Waals surface area contributed by atoms with Crippen LogP contribution in [0.2, 0.25) is 4.34 Å². The molecule has 0 radical (unpaired) electrons. The van der Waals surface area contributed by atoms with Gasteiger partial charge in [0.05, 0.1) is 14.8 Å². The zero-order chi connectivity index (χ0) is 21.3. The lowest BCUT2D eigenvalue weighted by atomic mass is 10.1. The van der Waals surface area contributed by atoms with Gasteiger partial charge in [0.15, 0.2) is 0 Å². The van der Waals surface area contributed by atoms with Crippen LogP contribution in [0.5, 0.6) is 0 Å². The Morgan fingerprint density at radius 1 is 1.07 bits per heavy atom. The summed E-state index contributed by atoms with van der Waals surface area (Å²) in [6.45, 7) is 0.558. The van der Waals surface area contributed by atoms with E-state index in [1.165, 1.54) is 28.4 Å². The number of thiophene rings is 1. The lowest BCUT2D eigenvalue weighted by molar-refractivity contribution is -0.117. The molecule has 1 aliphatic heterocycles. The number of nitrogens with one attached hydrogen (secondary N) is 2. The number of carbonyl (C=O) groups is 3. The molecule has 2 aliphatic rings. The first kappa shape index (κ1) is 20.8. The van der Waals surface area contributed by atoms with Gasteiger partial charge in [0.25, 0.3) is 11.8 Å². The van der Waals surface area contributed by atoms with Gasteiger partial charge < -0.3 is 15.5 Å². The minimum atomic E-state index is -0.670. The Morgan fingerprint density at radius 2 is 1.80 bits per heavy atom. The Bertz CT molecular complexity index is 996. The molecule has 6 nitrogen and oxygen atoms in total. The third-order valence-corrected chi connectivity index (χ3v) is 6.76. The highest BCUT2D eigenvalue weighted by Gasteiger charge is 2.31. The van der Waals surface area contributed by atoms with E-state index < -0.39 is 11.7 Å². The summed E-state index contributed by atoms with van der Waals surface area (Å²) in [5.41, 5.74) is 0.388. The molecule has 0 bridgehead atoms. The minimum absolute atomic E-state index is 0.0387. The van der Waals surface area contributed by atoms with Crippen molar-refractivity contribution < 1.29 is 18.8 Å². The van der Waals surface area contributed by atoms with Gasteiger partial charge in [0.2, 0.25) is 5.91 Å². The molecule has 1 saturated heterocycles. The predicted molar refractivity (Wildman–Crippen MR) is 114 cm³/mol. The molecule has 9 heteroatoms. The van der Waals surface area contributed by atoms with E-state index in [0.717, 1.165) is 19.3 Å². The second kappa shape index (κ2) is 8.73. The predicted octanol–water partition coefficient (Wildman–Crippen LogP) is 3.75. The van der Waals surface area contributed by atoms with E-state index >= 15 is 0 Å². The molecule has 3 amide bonds. The fourth-order valence-corrected chi connectivity index (χ4v) is 4.95. The molecule has 2 N–H and O–H groups in total. The van der Waals surface area contributed by atoms with Crippen LogP contribution in [-0.2, 0) is 4.79 Å². The van der Waals surface area contributed by atoms with Crippen LogP contribution in [0.3, 0.4) is 0 Å². The summed E-state index contributed by atoms with van der Waals surface area (Å²) in [6, 6.07) is 7.04. The molecule has 1 saturated carbocycles. The third kappa shape index (κ3) is 4.34. The number of halogens is 2. The van der Waals surface area contributed by atoms with Crippen molar-refractivity contribution in [3.8, 4) is 0 Å². The molecule has 0 spiro atoms. The van der Waals surface area contributed by atoms with Gasteiger partial charge in [0, 0.05) is 30.7 Å². The van der Waals surface area contributed by atoms with Crippen LogP contribution in [0, 0.1) is 5.82 Å². The minimum Gasteiger partial charge on any atom is -0.347 e. The molecule has 4 rings (SSSR count). The van der Waals surface area contributed by atoms with Gasteiger partial charge >= 0.3 is 0 Å². The Morgan fingerprint density at radius 3 is 2.40 bits per heavy atom. The number of amides is 3. The number of carbonyl (C=O) groups excluding carboxylic acids is 3. The van der Waals surface area contributed by atoms with Crippen molar-refractivity contribution >= 4 is 46.3 Å². The third-order valence-electron chi connectivity index (χ3n) is 5.53. The number of hydrogen-bond acceptors (Lipinski definition) is 4. The molecular weight excluding hydrogens is 429 g/mol. The molecule has 2 heterocycles. The molecule has 1 aromatic heterocycles. The molecule has 30 heavy (non-hydrogen) atoms. The fraction of sp³-hybridized carbons (Fsp3) is 0.381. The number of anilines is 1. The lowest BCUT2D eigenvalue weighted by Crippen LogP contribution is -2.48. The molecule has 2 atom stereocenters. The highest BCUT2D eigenvalue weighted by atomic mass is 35.5. The van der Waals surface area contributed by atoms with Crippen LogP contribution < -0.4 is 15.5 Å². The Labute approximate surface area is 182 Å². The average molecular weight is 450 g/mol. The number of rotatable bonds is 5. The molecule has 1 aromatic carbocycles. The van der Waals surface area contributed by atoms with Crippen LogP contribution >= 0.6 is 22.9 Å². The summed E-state index contributed by atoms with van der Waals surface area (Å²) in [5, 5.41) is 5.79. The summed E-state index contributed by atoms with van der Waals surface area (Å²) >= 11 is 7.08. The van der Waals surface area contributed by atoms with Crippen molar-refractivity contribution in [3.05, 3.63) is 50.9 Å². The maximum absolute atomic E-state index is 14.6. The molecule has 158 valence electrons. The molecule has 2 fully saturated rings. The quantitative estimate of drug-likeness (QED) is 0.729. The lowest BCUT2D eigenvalue weighted by Gasteiger charge is -2.22. The number of hydrogen-bond donors (Lipinski definition) is 2. The largest absolute Gasteiger partial charge is 0.347 e. The number of nitrogens with zero attached hydrogens (tertiary/aromatic N) is 1. The molecule has 2 aromatic rings. The van der Waals surface area contributed by atoms with Crippen molar-refractivity contribution in [1.29, 1.82) is 0 Å². The summed E-state index contributed by atoms with van der Waals surface area (Å²) < 4.78 is 15.1. The second-order valence-electron chi connectivity index (χ2n) is 7.51. The van der Waals surface area contributed by atoms with Crippen LogP contribution in [0.25, 0.3) is 0 Å². The summed E-state index contributed by atoms with van der Waals surface area (Å²) in [6.07, 6.45) is 3.48. The van der Waals surface area contributed by atoms with Gasteiger partial charge in [-0.25, -0.2) is 4.39 Å². The van der Waals surface area contributed by atoms with Crippen molar-refractivity contribution in [2.45, 2.75) is 44.2 Å². The Hall–Kier alpha value is -2.45. The van der Waals surface area contributed by atoms with Crippen LogP contribution in [0.4, 0.5) is 10.1 Å². The van der Waals surface area contributed by atoms with Crippen molar-refractivity contribution in [2.75, 3.05) is 11.4 Å². The van der Waals surface area contributed by atoms with Gasteiger partial charge in [0.1, 0.15) is 5.82 Å². The topological polar surface area (TPSA) is 78.5 Å². The highest BCUT2D eigenvalue weighted by Crippen LogP contribution is 2.26. The Kier molecular flexibility index (Phi) is 6.06. The van der Waals surface area contributed by atoms with E-state index in [0.29, 0.717) is 34.3 Å². The van der Waals surface area contributed by atoms with Crippen molar-refractivity contribution in [3.63, 3.8) is 0 Å². The maximum Gasteiger partial charge on any atom is 0.261 e. The normalized spacial score (nSPS) is 21.1. The highest BCUT2D eigenvalue weighted by molar-refractivity contribution is 7.18. The fourth-order valence-electron chi connectivity index (χ4n) is 4.00. The van der Waals surface area contributed by atoms with Gasteiger partial charge in [-0.15, -0.1) is 11.3 Å². The van der Waals surface area contributed by atoms with E-state index in [9.17, 15) is 18.8 Å². The van der Waals surface area contributed by atoms with Gasteiger partial charge in [-0.05, 0) is 56.0 Å². The first-order valence-electron chi connectivity index (χ1n) is 9.89. The van der Waals surface area contributed by atoms with E-state index in [4.69, 9.17) is 11.6 Å². The van der Waals surface area contributed by atoms with E-state index in [1.807, 2.05) is 0 Å². The zero-order valence-corrected chi connectivity index (χ0v) is 17.7. The summed E-state index contributed by atoms with van der Waals surface area (Å²) in [5.74, 6) is -1.47. The van der Waals surface area contributed by atoms with E-state index in [2.05, 4.69) is 10.6 Å². The van der Waals surface area contributed by atoms with Crippen molar-refractivity contribution in [2.24, 2.45) is 0 Å². The molecule has 1 aliphatic carbocycles. The van der Waals surface area contributed by atoms with E-state index in [-0.39, 0.29) is 29.5 Å². The first-order chi connectivity index (χ1) is 14.4. The summed E-state index contributed by atoms with van der Waals surface area (Å²) in [7, 11) is 0. The van der Waals surface area contributed by atoms with E-state index in [1.54, 1.807) is 18.2 Å². The van der Waals surface area contributed by atoms with Crippen LogP contribution in [0.1, 0.15) is 52.1 Å². The zero-order valence-electron chi connectivity index (χ0n) is 16.1. The Balaban J connectivity index is 1.41. The van der Waals surface area contributed by atoms with Crippen LogP contribution in [-0.4, -0.2) is 36.3 Å². The first-order valence-corrected chi connectivity index (χ1v) is 11.1. The SMILES string of the molecule is O=C(N[C@@H]1CCC[C@@H]1NC(=O)c1ccc(N2CCCC2=O)cc1F)c1ccc(Cl)s1. The molecular formula is C21H21ClFN3O3S. The van der Waals surface area contributed by atoms with Gasteiger partial charge in [-0.3, -0.25) is 14.4 Å². The average Bonchev–Trinajstić information content (AvgIpc) is 3.44. The van der Waals surface area contributed by atoms with Crippen molar-refractivity contribution in [1.82, 2.24) is 10.6 Å². The van der Waals surface area contributed by atoms with Gasteiger partial charge in [-0.1, -0.05) is 11.6 Å². The maximum atomic E-state index is 14.6. The second-order valence-corrected chi connectivity index (χ2v) is 9.22. The number of benzene rings is 1. The molecule has 0 unspecified atom stereocenters. The summed E-state index contributed by atoms with van der Waals surface area (Å²) in [4.78, 5) is 38.9. The van der Waals surface area contributed by atoms with Crippen LogP contribution in [0.15, 0.2) is 30.3 Å². The standard InChI is InChI=1S/C21H21ClFN3O3S/c22-18-9-8-17(30-18)21(29)25-16-4-1-3-15(16)24-20(28)13-7-6-12(11-14(13)23)26-10-2-5-19(26)27/h6-9,11,15-16H,1-5,10H2,(H,24,28)(H,25,29)/t15-,16+/m0/s1. The monoisotopic (exact) mass is 449 g/mol. The van der Waals surface area contributed by atoms with Gasteiger partial charge in [-0.2, -0.15) is 0 Å².